The lowest BCUT2D eigenvalue weighted by molar-refractivity contribution is -0.345. The van der Waals surface area contributed by atoms with Gasteiger partial charge in [-0.1, -0.05) is 12.1 Å². The predicted molar refractivity (Wildman–Crippen MR) is 115 cm³/mol. The lowest BCUT2D eigenvalue weighted by Gasteiger charge is -2.29. The number of rotatable bonds is 6. The Labute approximate surface area is 189 Å². The van der Waals surface area contributed by atoms with Crippen molar-refractivity contribution in [3.63, 3.8) is 0 Å². The normalized spacial score (nSPS) is 19.5. The first-order valence-electron chi connectivity index (χ1n) is 10.1. The number of aromatic nitrogens is 1. The second-order valence-corrected chi connectivity index (χ2v) is 9.65. The van der Waals surface area contributed by atoms with Crippen LogP contribution in [-0.2, 0) is 21.1 Å². The van der Waals surface area contributed by atoms with Crippen molar-refractivity contribution in [1.29, 1.82) is 5.26 Å². The molecule has 1 saturated carbocycles. The number of nitrogens with zero attached hydrogens (tertiary/aromatic N) is 3. The average molecular weight is 482 g/mol. The van der Waals surface area contributed by atoms with Crippen LogP contribution in [0.15, 0.2) is 58.7 Å². The fourth-order valence-corrected chi connectivity index (χ4v) is 5.41. The highest BCUT2D eigenvalue weighted by Crippen LogP contribution is 2.33. The topological polar surface area (TPSA) is 116 Å². The minimum absolute atomic E-state index is 0.0400. The van der Waals surface area contributed by atoms with Gasteiger partial charge in [0.15, 0.2) is 16.0 Å². The monoisotopic (exact) mass is 481 g/mol. The third kappa shape index (κ3) is 7.16. The summed E-state index contributed by atoms with van der Waals surface area (Å²) in [7, 11) is -3.80. The molecule has 8 nitrogen and oxygen atoms in total. The van der Waals surface area contributed by atoms with Crippen molar-refractivity contribution in [2.45, 2.75) is 54.8 Å². The van der Waals surface area contributed by atoms with E-state index in [-0.39, 0.29) is 36.7 Å². The van der Waals surface area contributed by atoms with E-state index in [0.29, 0.717) is 17.7 Å². The van der Waals surface area contributed by atoms with Gasteiger partial charge in [-0.2, -0.15) is 5.26 Å². The molecule has 2 aromatic rings. The number of halogens is 3. The zero-order valence-electron chi connectivity index (χ0n) is 17.4. The number of alkyl halides is 3. The molecule has 33 heavy (non-hydrogen) atoms. The Hall–Kier alpha value is -3.17. The Morgan fingerprint density at radius 3 is 2.52 bits per heavy atom. The molecular formula is C21H22F3N5O3S. The van der Waals surface area contributed by atoms with Crippen LogP contribution in [0.4, 0.5) is 18.9 Å². The predicted octanol–water partition coefficient (Wildman–Crippen LogP) is 3.74. The third-order valence-corrected chi connectivity index (χ3v) is 7.34. The molecule has 1 aliphatic rings. The van der Waals surface area contributed by atoms with Gasteiger partial charge in [-0.05, 0) is 55.5 Å². The first-order valence-corrected chi connectivity index (χ1v) is 11.7. The first kappa shape index (κ1) is 24.5. The Morgan fingerprint density at radius 1 is 1.18 bits per heavy atom. The summed E-state index contributed by atoms with van der Waals surface area (Å²) in [6.45, 7) is 0.160. The number of guanidine groups is 1. The van der Waals surface area contributed by atoms with Crippen LogP contribution in [0.1, 0.15) is 31.2 Å². The molecule has 1 aromatic heterocycles. The molecule has 0 spiro atoms. The van der Waals surface area contributed by atoms with Crippen molar-refractivity contribution in [2.24, 2.45) is 4.99 Å². The molecule has 0 radical (unpaired) electrons. The second kappa shape index (κ2) is 10.6. The highest BCUT2D eigenvalue weighted by Gasteiger charge is 2.39. The molecule has 2 atom stereocenters. The van der Waals surface area contributed by atoms with E-state index in [2.05, 4.69) is 25.3 Å². The summed E-state index contributed by atoms with van der Waals surface area (Å²) < 4.78 is 67.5. The SMILES string of the molecule is N#CNC(=NCc1ccc(S(=O)(=O)C2CCCC(OC(F)(F)F)C2)cc1)Nc1ccncc1. The summed E-state index contributed by atoms with van der Waals surface area (Å²) in [5.41, 5.74) is 1.36. The molecular weight excluding hydrogens is 459 g/mol. The maximum Gasteiger partial charge on any atom is 0.522 e. The van der Waals surface area contributed by atoms with Crippen LogP contribution in [0.2, 0.25) is 0 Å². The second-order valence-electron chi connectivity index (χ2n) is 7.43. The van der Waals surface area contributed by atoms with Crippen LogP contribution in [0.5, 0.6) is 0 Å². The number of aliphatic imine (C=N–C) groups is 1. The molecule has 2 unspecified atom stereocenters. The molecule has 0 saturated heterocycles. The first-order chi connectivity index (χ1) is 15.7. The van der Waals surface area contributed by atoms with Crippen molar-refractivity contribution >= 4 is 21.5 Å². The quantitative estimate of drug-likeness (QED) is 0.279. The fourth-order valence-electron chi connectivity index (χ4n) is 3.56. The van der Waals surface area contributed by atoms with Gasteiger partial charge in [0.05, 0.1) is 22.8 Å². The van der Waals surface area contributed by atoms with Gasteiger partial charge in [0.1, 0.15) is 0 Å². The molecule has 0 aliphatic heterocycles. The van der Waals surface area contributed by atoms with Crippen LogP contribution in [-0.4, -0.2) is 37.1 Å². The van der Waals surface area contributed by atoms with E-state index in [1.165, 1.54) is 12.1 Å². The fraction of sp³-hybridized carbons (Fsp3) is 0.381. The largest absolute Gasteiger partial charge is 0.522 e. The molecule has 1 aromatic carbocycles. The number of nitrogens with one attached hydrogen (secondary N) is 2. The van der Waals surface area contributed by atoms with Crippen molar-refractivity contribution in [3.8, 4) is 6.19 Å². The van der Waals surface area contributed by atoms with Crippen LogP contribution >= 0.6 is 0 Å². The number of anilines is 1. The van der Waals surface area contributed by atoms with Crippen molar-refractivity contribution in [3.05, 3.63) is 54.4 Å². The van der Waals surface area contributed by atoms with Crippen LogP contribution in [0, 0.1) is 11.5 Å². The van der Waals surface area contributed by atoms with Gasteiger partial charge in [-0.3, -0.25) is 15.0 Å². The molecule has 12 heteroatoms. The van der Waals surface area contributed by atoms with Crippen molar-refractivity contribution in [2.75, 3.05) is 5.32 Å². The van der Waals surface area contributed by atoms with Gasteiger partial charge in [-0.15, -0.1) is 13.2 Å². The van der Waals surface area contributed by atoms with Crippen LogP contribution < -0.4 is 10.6 Å². The van der Waals surface area contributed by atoms with Gasteiger partial charge < -0.3 is 5.32 Å². The van der Waals surface area contributed by atoms with E-state index in [9.17, 15) is 21.6 Å². The standard InChI is InChI=1S/C21H22F3N5O3S/c22-21(23,24)32-17-2-1-3-19(12-17)33(30,31)18-6-4-15(5-7-18)13-27-20(28-14-25)29-16-8-10-26-11-9-16/h4-11,17,19H,1-3,12-13H2,(H2,26,27,28,29). The molecule has 1 fully saturated rings. The summed E-state index contributed by atoms with van der Waals surface area (Å²) >= 11 is 0. The number of ether oxygens (including phenoxy) is 1. The Morgan fingerprint density at radius 2 is 1.88 bits per heavy atom. The van der Waals surface area contributed by atoms with E-state index in [4.69, 9.17) is 5.26 Å². The maximum absolute atomic E-state index is 12.9. The Kier molecular flexibility index (Phi) is 7.88. The average Bonchev–Trinajstić information content (AvgIpc) is 2.78. The van der Waals surface area contributed by atoms with E-state index >= 15 is 0 Å². The number of hydrogen-bond acceptors (Lipinski definition) is 6. The number of hydrogen-bond donors (Lipinski definition) is 2. The molecule has 176 valence electrons. The molecule has 0 amide bonds. The number of sulfone groups is 1. The summed E-state index contributed by atoms with van der Waals surface area (Å²) in [6.07, 6.45) is -0.393. The number of pyridine rings is 1. The Bertz CT molecular complexity index is 1100. The molecule has 1 aliphatic carbocycles. The molecule has 3 rings (SSSR count). The van der Waals surface area contributed by atoms with Crippen molar-refractivity contribution in [1.82, 2.24) is 10.3 Å². The molecule has 2 N–H and O–H groups in total. The van der Waals surface area contributed by atoms with E-state index in [1.54, 1.807) is 42.9 Å². The summed E-state index contributed by atoms with van der Waals surface area (Å²) in [6, 6.07) is 9.40. The highest BCUT2D eigenvalue weighted by atomic mass is 32.2. The van der Waals surface area contributed by atoms with E-state index in [0.717, 1.165) is 0 Å². The zero-order chi connectivity index (χ0) is 23.9. The number of benzene rings is 1. The number of nitriles is 1. The summed E-state index contributed by atoms with van der Waals surface area (Å²) in [5, 5.41) is 13.4. The van der Waals surface area contributed by atoms with E-state index < -0.39 is 27.6 Å². The summed E-state index contributed by atoms with van der Waals surface area (Å²) in [5.74, 6) is 0.207. The highest BCUT2D eigenvalue weighted by molar-refractivity contribution is 7.92. The van der Waals surface area contributed by atoms with Gasteiger partial charge in [0.2, 0.25) is 5.96 Å². The lowest BCUT2D eigenvalue weighted by atomic mass is 9.97. The summed E-state index contributed by atoms with van der Waals surface area (Å²) in [4.78, 5) is 8.23. The van der Waals surface area contributed by atoms with Gasteiger partial charge in [0.25, 0.3) is 0 Å². The van der Waals surface area contributed by atoms with E-state index in [1.807, 2.05) is 0 Å². The van der Waals surface area contributed by atoms with Crippen LogP contribution in [0.3, 0.4) is 0 Å². The van der Waals surface area contributed by atoms with Gasteiger partial charge >= 0.3 is 6.36 Å². The van der Waals surface area contributed by atoms with Crippen LogP contribution in [0.25, 0.3) is 0 Å². The maximum atomic E-state index is 12.9. The lowest BCUT2D eigenvalue weighted by Crippen LogP contribution is -2.35. The van der Waals surface area contributed by atoms with Gasteiger partial charge in [-0.25, -0.2) is 13.4 Å². The van der Waals surface area contributed by atoms with Crippen molar-refractivity contribution < 1.29 is 26.3 Å². The molecule has 1 heterocycles. The van der Waals surface area contributed by atoms with Gasteiger partial charge in [0, 0.05) is 18.1 Å². The zero-order valence-corrected chi connectivity index (χ0v) is 18.2. The third-order valence-electron chi connectivity index (χ3n) is 5.11. The Balaban J connectivity index is 1.67. The molecule has 0 bridgehead atoms. The smallest absolute Gasteiger partial charge is 0.325 e. The minimum atomic E-state index is -4.79. The minimum Gasteiger partial charge on any atom is -0.325 e.